The van der Waals surface area contributed by atoms with Crippen LogP contribution in [-0.2, 0) is 14.3 Å². The van der Waals surface area contributed by atoms with E-state index in [4.69, 9.17) is 4.74 Å². The Hall–Kier alpha value is -1.14. The van der Waals surface area contributed by atoms with Gasteiger partial charge in [0.1, 0.15) is 0 Å². The predicted molar refractivity (Wildman–Crippen MR) is 101 cm³/mol. The first kappa shape index (κ1) is 19.6. The SMILES string of the molecule is CCN(CC)C(=O)C1CCN(CC(=O)N2CCOC3CCCCC32)CC1. The van der Waals surface area contributed by atoms with Gasteiger partial charge in [0, 0.05) is 25.6 Å². The van der Waals surface area contributed by atoms with E-state index in [9.17, 15) is 9.59 Å². The third-order valence-electron chi connectivity index (χ3n) is 6.42. The van der Waals surface area contributed by atoms with Gasteiger partial charge in [-0.3, -0.25) is 14.5 Å². The Labute approximate surface area is 157 Å². The van der Waals surface area contributed by atoms with Crippen molar-refractivity contribution < 1.29 is 14.3 Å². The van der Waals surface area contributed by atoms with Gasteiger partial charge in [-0.25, -0.2) is 0 Å². The molecular formula is C20H35N3O3. The fourth-order valence-electron chi connectivity index (χ4n) is 4.82. The molecule has 2 heterocycles. The molecule has 3 fully saturated rings. The number of rotatable bonds is 5. The van der Waals surface area contributed by atoms with Gasteiger partial charge in [0.2, 0.25) is 11.8 Å². The van der Waals surface area contributed by atoms with E-state index in [-0.39, 0.29) is 24.0 Å². The highest BCUT2D eigenvalue weighted by molar-refractivity contribution is 5.80. The summed E-state index contributed by atoms with van der Waals surface area (Å²) in [5.41, 5.74) is 0. The summed E-state index contributed by atoms with van der Waals surface area (Å²) in [6, 6.07) is 0.284. The highest BCUT2D eigenvalue weighted by atomic mass is 16.5. The summed E-state index contributed by atoms with van der Waals surface area (Å²) >= 11 is 0. The van der Waals surface area contributed by atoms with Crippen LogP contribution in [0.15, 0.2) is 0 Å². The Morgan fingerprint density at radius 1 is 1.00 bits per heavy atom. The molecule has 1 saturated carbocycles. The van der Waals surface area contributed by atoms with E-state index >= 15 is 0 Å². The van der Waals surface area contributed by atoms with Crippen molar-refractivity contribution in [3.63, 3.8) is 0 Å². The summed E-state index contributed by atoms with van der Waals surface area (Å²) in [6.45, 7) is 9.25. The molecule has 0 bridgehead atoms. The third-order valence-corrected chi connectivity index (χ3v) is 6.42. The molecule has 148 valence electrons. The average Bonchev–Trinajstić information content (AvgIpc) is 2.69. The van der Waals surface area contributed by atoms with Crippen LogP contribution in [0.2, 0.25) is 0 Å². The molecule has 3 aliphatic rings. The van der Waals surface area contributed by atoms with Crippen molar-refractivity contribution in [3.8, 4) is 0 Å². The number of hydrogen-bond donors (Lipinski definition) is 0. The molecule has 2 saturated heterocycles. The molecule has 0 aromatic heterocycles. The van der Waals surface area contributed by atoms with Gasteiger partial charge in [-0.1, -0.05) is 12.8 Å². The van der Waals surface area contributed by atoms with Crippen molar-refractivity contribution >= 4 is 11.8 Å². The van der Waals surface area contributed by atoms with Crippen LogP contribution in [0.3, 0.4) is 0 Å². The molecule has 2 amide bonds. The first-order valence-corrected chi connectivity index (χ1v) is 10.6. The van der Waals surface area contributed by atoms with Gasteiger partial charge >= 0.3 is 0 Å². The molecular weight excluding hydrogens is 330 g/mol. The van der Waals surface area contributed by atoms with E-state index in [0.717, 1.165) is 58.4 Å². The summed E-state index contributed by atoms with van der Waals surface area (Å²) in [6.07, 6.45) is 6.59. The molecule has 0 aromatic rings. The number of carbonyl (C=O) groups is 2. The van der Waals surface area contributed by atoms with Gasteiger partial charge in [0.05, 0.1) is 25.3 Å². The summed E-state index contributed by atoms with van der Waals surface area (Å²) in [7, 11) is 0. The first-order valence-electron chi connectivity index (χ1n) is 10.6. The lowest BCUT2D eigenvalue weighted by Gasteiger charge is -2.44. The van der Waals surface area contributed by atoms with E-state index in [1.165, 1.54) is 12.8 Å². The van der Waals surface area contributed by atoms with Crippen LogP contribution in [0.25, 0.3) is 0 Å². The molecule has 0 aromatic carbocycles. The van der Waals surface area contributed by atoms with Gasteiger partial charge in [-0.05, 0) is 52.6 Å². The Balaban J connectivity index is 1.48. The maximum Gasteiger partial charge on any atom is 0.237 e. The normalized spacial score (nSPS) is 27.8. The molecule has 26 heavy (non-hydrogen) atoms. The largest absolute Gasteiger partial charge is 0.374 e. The molecule has 2 unspecified atom stereocenters. The number of amides is 2. The Bertz CT molecular complexity index is 485. The number of fused-ring (bicyclic) bond motifs is 1. The Kier molecular flexibility index (Phi) is 6.92. The average molecular weight is 366 g/mol. The van der Waals surface area contributed by atoms with E-state index in [2.05, 4.69) is 9.80 Å². The van der Waals surface area contributed by atoms with Crippen LogP contribution in [0.1, 0.15) is 52.4 Å². The number of ether oxygens (including phenoxy) is 1. The number of carbonyl (C=O) groups excluding carboxylic acids is 2. The van der Waals surface area contributed by atoms with E-state index in [0.29, 0.717) is 19.1 Å². The smallest absolute Gasteiger partial charge is 0.237 e. The van der Waals surface area contributed by atoms with Gasteiger partial charge in [-0.15, -0.1) is 0 Å². The van der Waals surface area contributed by atoms with Crippen LogP contribution in [-0.4, -0.2) is 84.5 Å². The third kappa shape index (κ3) is 4.39. The zero-order valence-corrected chi connectivity index (χ0v) is 16.5. The second-order valence-corrected chi connectivity index (χ2v) is 7.91. The Morgan fingerprint density at radius 2 is 1.69 bits per heavy atom. The second kappa shape index (κ2) is 9.18. The van der Waals surface area contributed by atoms with Crippen molar-refractivity contribution in [2.75, 3.05) is 45.9 Å². The van der Waals surface area contributed by atoms with Gasteiger partial charge in [-0.2, -0.15) is 0 Å². The molecule has 6 heteroatoms. The lowest BCUT2D eigenvalue weighted by atomic mass is 9.90. The summed E-state index contributed by atoms with van der Waals surface area (Å²) < 4.78 is 5.89. The number of piperidine rings is 1. The van der Waals surface area contributed by atoms with E-state index in [1.54, 1.807) is 0 Å². The summed E-state index contributed by atoms with van der Waals surface area (Å²) in [4.78, 5) is 31.7. The molecule has 2 aliphatic heterocycles. The minimum atomic E-state index is 0.132. The summed E-state index contributed by atoms with van der Waals surface area (Å²) in [5.74, 6) is 0.672. The number of nitrogens with zero attached hydrogens (tertiary/aromatic N) is 3. The highest BCUT2D eigenvalue weighted by Gasteiger charge is 2.37. The monoisotopic (exact) mass is 365 g/mol. The first-order chi connectivity index (χ1) is 12.6. The van der Waals surface area contributed by atoms with Crippen LogP contribution in [0, 0.1) is 5.92 Å². The fourth-order valence-corrected chi connectivity index (χ4v) is 4.82. The van der Waals surface area contributed by atoms with E-state index in [1.807, 2.05) is 18.7 Å². The molecule has 0 spiro atoms. The molecule has 1 aliphatic carbocycles. The highest BCUT2D eigenvalue weighted by Crippen LogP contribution is 2.29. The van der Waals surface area contributed by atoms with Crippen molar-refractivity contribution in [1.82, 2.24) is 14.7 Å². The van der Waals surface area contributed by atoms with Crippen molar-refractivity contribution in [3.05, 3.63) is 0 Å². The maximum absolute atomic E-state index is 12.9. The van der Waals surface area contributed by atoms with Crippen LogP contribution < -0.4 is 0 Å². The minimum absolute atomic E-state index is 0.132. The molecule has 6 nitrogen and oxygen atoms in total. The van der Waals surface area contributed by atoms with Crippen molar-refractivity contribution in [2.45, 2.75) is 64.5 Å². The lowest BCUT2D eigenvalue weighted by Crippen LogP contribution is -2.57. The number of morpholine rings is 1. The molecule has 2 atom stereocenters. The van der Waals surface area contributed by atoms with Crippen molar-refractivity contribution in [2.24, 2.45) is 5.92 Å². The van der Waals surface area contributed by atoms with Crippen molar-refractivity contribution in [1.29, 1.82) is 0 Å². The Morgan fingerprint density at radius 3 is 2.38 bits per heavy atom. The van der Waals surface area contributed by atoms with Crippen LogP contribution in [0.4, 0.5) is 0 Å². The molecule has 3 rings (SSSR count). The minimum Gasteiger partial charge on any atom is -0.374 e. The molecule has 0 radical (unpaired) electrons. The van der Waals surface area contributed by atoms with Gasteiger partial charge < -0.3 is 14.5 Å². The number of hydrogen-bond acceptors (Lipinski definition) is 4. The quantitative estimate of drug-likeness (QED) is 0.745. The lowest BCUT2D eigenvalue weighted by molar-refractivity contribution is -0.151. The van der Waals surface area contributed by atoms with Gasteiger partial charge in [0.25, 0.3) is 0 Å². The van der Waals surface area contributed by atoms with Crippen LogP contribution in [0.5, 0.6) is 0 Å². The maximum atomic E-state index is 12.9. The second-order valence-electron chi connectivity index (χ2n) is 7.91. The van der Waals surface area contributed by atoms with Crippen LogP contribution >= 0.6 is 0 Å². The fraction of sp³-hybridized carbons (Fsp3) is 0.900. The standard InChI is InChI=1S/C20H35N3O3/c1-3-22(4-2)20(25)16-9-11-21(12-10-16)15-19(24)23-13-14-26-18-8-6-5-7-17(18)23/h16-18H,3-15H2,1-2H3. The topological polar surface area (TPSA) is 53.1 Å². The van der Waals surface area contributed by atoms with E-state index < -0.39 is 0 Å². The molecule has 0 N–H and O–H groups in total. The summed E-state index contributed by atoms with van der Waals surface area (Å²) in [5, 5.41) is 0. The predicted octanol–water partition coefficient (Wildman–Crippen LogP) is 1.74. The zero-order valence-electron chi connectivity index (χ0n) is 16.5. The zero-order chi connectivity index (χ0) is 18.5. The van der Waals surface area contributed by atoms with Gasteiger partial charge in [0.15, 0.2) is 0 Å². The number of likely N-dealkylation sites (tertiary alicyclic amines) is 1.